The molecule has 0 aromatic heterocycles. The molecule has 1 unspecified atom stereocenters. The van der Waals surface area contributed by atoms with Crippen molar-refractivity contribution in [2.45, 2.75) is 13.0 Å². The topological polar surface area (TPSA) is 49.9 Å². The van der Waals surface area contributed by atoms with Gasteiger partial charge in [0.05, 0.1) is 22.8 Å². The summed E-state index contributed by atoms with van der Waals surface area (Å²) in [5, 5.41) is 0.898. The molecule has 2 rings (SSSR count). The highest BCUT2D eigenvalue weighted by Gasteiger charge is 2.32. The molecule has 1 aliphatic heterocycles. The molecule has 0 aliphatic carbocycles. The van der Waals surface area contributed by atoms with Crippen LogP contribution in [0.4, 0.5) is 0 Å². The lowest BCUT2D eigenvalue weighted by Crippen LogP contribution is -2.48. The molecule has 1 aliphatic rings. The predicted octanol–water partition coefficient (Wildman–Crippen LogP) is 2.56. The van der Waals surface area contributed by atoms with Crippen LogP contribution in [0, 0.1) is 0 Å². The summed E-state index contributed by atoms with van der Waals surface area (Å²) >= 11 is 11.9. The monoisotopic (exact) mass is 352 g/mol. The Bertz CT molecular complexity index is 609. The molecule has 118 valence electrons. The van der Waals surface area contributed by atoms with E-state index in [1.165, 1.54) is 8.61 Å². The number of halogens is 2. The minimum atomic E-state index is -3.44. The fourth-order valence-corrected chi connectivity index (χ4v) is 3.77. The second kappa shape index (κ2) is 6.81. The SMILES string of the molecule is CCN(C)S(=O)(=O)N1CCOC(c2ccc(Cl)c(Cl)c2)C1. The molecule has 1 fully saturated rings. The summed E-state index contributed by atoms with van der Waals surface area (Å²) in [4.78, 5) is 0. The number of hydrogen-bond acceptors (Lipinski definition) is 3. The van der Waals surface area contributed by atoms with Crippen molar-refractivity contribution in [3.05, 3.63) is 33.8 Å². The molecule has 0 radical (unpaired) electrons. The molecule has 8 heteroatoms. The Kier molecular flexibility index (Phi) is 5.51. The molecule has 0 bridgehead atoms. The first-order valence-electron chi connectivity index (χ1n) is 6.64. The van der Waals surface area contributed by atoms with E-state index in [4.69, 9.17) is 27.9 Å². The average molecular weight is 353 g/mol. The second-order valence-corrected chi connectivity index (χ2v) is 7.66. The molecule has 1 saturated heterocycles. The quantitative estimate of drug-likeness (QED) is 0.836. The number of hydrogen-bond donors (Lipinski definition) is 0. The van der Waals surface area contributed by atoms with Crippen molar-refractivity contribution in [2.75, 3.05) is 33.3 Å². The zero-order chi connectivity index (χ0) is 15.6. The van der Waals surface area contributed by atoms with Crippen molar-refractivity contribution in [3.8, 4) is 0 Å². The summed E-state index contributed by atoms with van der Waals surface area (Å²) in [5.74, 6) is 0. The summed E-state index contributed by atoms with van der Waals surface area (Å²) in [7, 11) is -1.88. The van der Waals surface area contributed by atoms with Crippen LogP contribution in [0.25, 0.3) is 0 Å². The van der Waals surface area contributed by atoms with E-state index >= 15 is 0 Å². The van der Waals surface area contributed by atoms with Gasteiger partial charge in [-0.1, -0.05) is 36.2 Å². The van der Waals surface area contributed by atoms with Crippen molar-refractivity contribution >= 4 is 33.4 Å². The zero-order valence-electron chi connectivity index (χ0n) is 11.9. The van der Waals surface area contributed by atoms with Gasteiger partial charge in [0.25, 0.3) is 10.2 Å². The molecular weight excluding hydrogens is 335 g/mol. The third kappa shape index (κ3) is 3.70. The van der Waals surface area contributed by atoms with Crippen LogP contribution in [-0.4, -0.2) is 50.3 Å². The molecule has 1 aromatic rings. The van der Waals surface area contributed by atoms with Gasteiger partial charge < -0.3 is 4.74 Å². The minimum absolute atomic E-state index is 0.268. The standard InChI is InChI=1S/C13H18Cl2N2O3S/c1-3-16(2)21(18,19)17-6-7-20-13(9-17)10-4-5-11(14)12(15)8-10/h4-5,8,13H,3,6-7,9H2,1-2H3. The van der Waals surface area contributed by atoms with Crippen molar-refractivity contribution in [2.24, 2.45) is 0 Å². The Morgan fingerprint density at radius 2 is 2.10 bits per heavy atom. The number of rotatable bonds is 4. The van der Waals surface area contributed by atoms with Crippen LogP contribution in [0.2, 0.25) is 10.0 Å². The normalized spacial score (nSPS) is 20.9. The predicted molar refractivity (Wildman–Crippen MR) is 84.0 cm³/mol. The van der Waals surface area contributed by atoms with E-state index in [0.29, 0.717) is 29.7 Å². The average Bonchev–Trinajstić information content (AvgIpc) is 2.49. The van der Waals surface area contributed by atoms with Gasteiger partial charge in [0.15, 0.2) is 0 Å². The largest absolute Gasteiger partial charge is 0.371 e. The number of morpholine rings is 1. The lowest BCUT2D eigenvalue weighted by atomic mass is 10.1. The van der Waals surface area contributed by atoms with Gasteiger partial charge in [-0.15, -0.1) is 0 Å². The molecule has 0 saturated carbocycles. The van der Waals surface area contributed by atoms with Gasteiger partial charge in [-0.25, -0.2) is 0 Å². The van der Waals surface area contributed by atoms with Gasteiger partial charge in [-0.3, -0.25) is 0 Å². The Morgan fingerprint density at radius 1 is 1.38 bits per heavy atom. The summed E-state index contributed by atoms with van der Waals surface area (Å²) in [6.07, 6.45) is -0.339. The van der Waals surface area contributed by atoms with Gasteiger partial charge in [0.2, 0.25) is 0 Å². The van der Waals surface area contributed by atoms with Crippen molar-refractivity contribution < 1.29 is 13.2 Å². The van der Waals surface area contributed by atoms with Crippen LogP contribution in [0.15, 0.2) is 18.2 Å². The molecule has 21 heavy (non-hydrogen) atoms. The van der Waals surface area contributed by atoms with Crippen LogP contribution >= 0.6 is 23.2 Å². The minimum Gasteiger partial charge on any atom is -0.371 e. The molecular formula is C13H18Cl2N2O3S. The summed E-state index contributed by atoms with van der Waals surface area (Å²) in [6.45, 7) is 3.20. The molecule has 0 amide bonds. The third-order valence-corrected chi connectivity index (χ3v) is 6.28. The van der Waals surface area contributed by atoms with E-state index in [0.717, 1.165) is 5.56 Å². The lowest BCUT2D eigenvalue weighted by Gasteiger charge is -2.34. The molecule has 1 aromatic carbocycles. The van der Waals surface area contributed by atoms with Gasteiger partial charge in [-0.2, -0.15) is 17.0 Å². The molecule has 5 nitrogen and oxygen atoms in total. The lowest BCUT2D eigenvalue weighted by molar-refractivity contribution is -0.00403. The van der Waals surface area contributed by atoms with Gasteiger partial charge in [-0.05, 0) is 17.7 Å². The summed E-state index contributed by atoms with van der Waals surface area (Å²) < 4.78 is 33.2. The number of benzene rings is 1. The second-order valence-electron chi connectivity index (χ2n) is 4.81. The van der Waals surface area contributed by atoms with Crippen LogP contribution in [0.3, 0.4) is 0 Å². The third-order valence-electron chi connectivity index (χ3n) is 3.51. The maximum Gasteiger partial charge on any atom is 0.281 e. The highest BCUT2D eigenvalue weighted by atomic mass is 35.5. The molecule has 1 atom stereocenters. The van der Waals surface area contributed by atoms with E-state index in [1.54, 1.807) is 32.2 Å². The van der Waals surface area contributed by atoms with E-state index in [-0.39, 0.29) is 12.6 Å². The Hall–Kier alpha value is -0.370. The molecule has 0 N–H and O–H groups in total. The van der Waals surface area contributed by atoms with E-state index in [1.807, 2.05) is 0 Å². The zero-order valence-corrected chi connectivity index (χ0v) is 14.2. The summed E-state index contributed by atoms with van der Waals surface area (Å²) in [6, 6.07) is 5.21. The first-order valence-corrected chi connectivity index (χ1v) is 8.79. The highest BCUT2D eigenvalue weighted by Crippen LogP contribution is 2.29. The molecule has 1 heterocycles. The smallest absolute Gasteiger partial charge is 0.281 e. The summed E-state index contributed by atoms with van der Waals surface area (Å²) in [5.41, 5.74) is 0.823. The Balaban J connectivity index is 2.19. The fraction of sp³-hybridized carbons (Fsp3) is 0.538. The van der Waals surface area contributed by atoms with Gasteiger partial charge in [0.1, 0.15) is 0 Å². The Labute approximate surface area is 135 Å². The van der Waals surface area contributed by atoms with Crippen LogP contribution in [0.5, 0.6) is 0 Å². The number of nitrogens with zero attached hydrogens (tertiary/aromatic N) is 2. The van der Waals surface area contributed by atoms with Crippen molar-refractivity contribution in [1.82, 2.24) is 8.61 Å². The molecule has 0 spiro atoms. The highest BCUT2D eigenvalue weighted by molar-refractivity contribution is 7.86. The van der Waals surface area contributed by atoms with Crippen LogP contribution in [0.1, 0.15) is 18.6 Å². The van der Waals surface area contributed by atoms with Crippen LogP contribution < -0.4 is 0 Å². The van der Waals surface area contributed by atoms with E-state index in [9.17, 15) is 8.42 Å². The van der Waals surface area contributed by atoms with Gasteiger partial charge in [0, 0.05) is 26.7 Å². The van der Waals surface area contributed by atoms with E-state index in [2.05, 4.69) is 0 Å². The maximum atomic E-state index is 12.4. The van der Waals surface area contributed by atoms with Crippen molar-refractivity contribution in [1.29, 1.82) is 0 Å². The number of ether oxygens (including phenoxy) is 1. The van der Waals surface area contributed by atoms with Crippen LogP contribution in [-0.2, 0) is 14.9 Å². The van der Waals surface area contributed by atoms with Gasteiger partial charge >= 0.3 is 0 Å². The van der Waals surface area contributed by atoms with Crippen molar-refractivity contribution in [3.63, 3.8) is 0 Å². The first kappa shape index (κ1) is 17.0. The Morgan fingerprint density at radius 3 is 2.71 bits per heavy atom. The fourth-order valence-electron chi connectivity index (χ4n) is 2.11. The van der Waals surface area contributed by atoms with E-state index < -0.39 is 10.2 Å². The maximum absolute atomic E-state index is 12.4. The first-order chi connectivity index (χ1) is 9.86.